The van der Waals surface area contributed by atoms with Gasteiger partial charge in [0.15, 0.2) is 0 Å². The molecule has 3 heteroatoms. The molecule has 0 radical (unpaired) electrons. The molecule has 0 aliphatic rings. The fourth-order valence-corrected chi connectivity index (χ4v) is 2.64. The summed E-state index contributed by atoms with van der Waals surface area (Å²) in [5, 5.41) is 3.56. The van der Waals surface area contributed by atoms with Crippen molar-refractivity contribution in [2.45, 2.75) is 19.5 Å². The van der Waals surface area contributed by atoms with Gasteiger partial charge in [-0.1, -0.05) is 36.4 Å². The lowest BCUT2D eigenvalue weighted by Crippen LogP contribution is -2.18. The molecular formula is C20H21NO2. The molecule has 3 nitrogen and oxygen atoms in total. The molecule has 1 unspecified atom stereocenters. The zero-order valence-electron chi connectivity index (χ0n) is 13.5. The lowest BCUT2D eigenvalue weighted by atomic mass is 10.0. The molecule has 3 aromatic rings. The topological polar surface area (TPSA) is 34.4 Å². The Labute approximate surface area is 136 Å². The molecule has 0 aliphatic carbocycles. The standard InChI is InChI=1S/C20H21NO2/c1-15(17-6-4-3-5-7-17)21-13-16-8-9-20(22-2)19(12-16)18-10-11-23-14-18/h3-12,14-15,21H,13H2,1-2H3. The van der Waals surface area contributed by atoms with Crippen LogP contribution in [0.2, 0.25) is 0 Å². The van der Waals surface area contributed by atoms with Crippen LogP contribution in [0.1, 0.15) is 24.1 Å². The summed E-state index contributed by atoms with van der Waals surface area (Å²) in [7, 11) is 1.69. The zero-order valence-corrected chi connectivity index (χ0v) is 13.5. The van der Waals surface area contributed by atoms with Crippen LogP contribution in [-0.4, -0.2) is 7.11 Å². The number of hydrogen-bond donors (Lipinski definition) is 1. The summed E-state index contributed by atoms with van der Waals surface area (Å²) in [6.07, 6.45) is 3.42. The second-order valence-electron chi connectivity index (χ2n) is 5.56. The van der Waals surface area contributed by atoms with E-state index in [2.05, 4.69) is 48.6 Å². The maximum atomic E-state index is 5.46. The number of benzene rings is 2. The molecule has 1 atom stereocenters. The van der Waals surface area contributed by atoms with Crippen molar-refractivity contribution in [3.63, 3.8) is 0 Å². The van der Waals surface area contributed by atoms with Crippen molar-refractivity contribution >= 4 is 0 Å². The van der Waals surface area contributed by atoms with Crippen molar-refractivity contribution in [1.29, 1.82) is 0 Å². The number of ether oxygens (including phenoxy) is 1. The average molecular weight is 307 g/mol. The maximum Gasteiger partial charge on any atom is 0.126 e. The van der Waals surface area contributed by atoms with Gasteiger partial charge in [0, 0.05) is 23.7 Å². The van der Waals surface area contributed by atoms with E-state index in [1.165, 1.54) is 11.1 Å². The Bertz CT molecular complexity index is 736. The first-order chi connectivity index (χ1) is 11.3. The second-order valence-corrected chi connectivity index (χ2v) is 5.56. The molecule has 0 bridgehead atoms. The molecule has 118 valence electrons. The summed E-state index contributed by atoms with van der Waals surface area (Å²) in [4.78, 5) is 0. The minimum atomic E-state index is 0.302. The highest BCUT2D eigenvalue weighted by molar-refractivity contribution is 5.70. The Hall–Kier alpha value is -2.52. The largest absolute Gasteiger partial charge is 0.496 e. The van der Waals surface area contributed by atoms with E-state index >= 15 is 0 Å². The van der Waals surface area contributed by atoms with Crippen molar-refractivity contribution in [3.05, 3.63) is 78.3 Å². The molecule has 1 heterocycles. The van der Waals surface area contributed by atoms with Crippen molar-refractivity contribution in [3.8, 4) is 16.9 Å². The molecular weight excluding hydrogens is 286 g/mol. The first kappa shape index (κ1) is 15.4. The summed E-state index contributed by atoms with van der Waals surface area (Å²) in [5.74, 6) is 0.853. The minimum absolute atomic E-state index is 0.302. The van der Waals surface area contributed by atoms with Crippen LogP contribution in [0.25, 0.3) is 11.1 Å². The van der Waals surface area contributed by atoms with E-state index in [1.807, 2.05) is 18.2 Å². The number of nitrogens with one attached hydrogen (secondary N) is 1. The van der Waals surface area contributed by atoms with Gasteiger partial charge in [-0.15, -0.1) is 0 Å². The lowest BCUT2D eigenvalue weighted by molar-refractivity contribution is 0.416. The highest BCUT2D eigenvalue weighted by Crippen LogP contribution is 2.31. The Kier molecular flexibility index (Phi) is 4.79. The van der Waals surface area contributed by atoms with Crippen LogP contribution in [0.15, 0.2) is 71.5 Å². The highest BCUT2D eigenvalue weighted by Gasteiger charge is 2.09. The first-order valence-electron chi connectivity index (χ1n) is 7.75. The first-order valence-corrected chi connectivity index (χ1v) is 7.75. The van der Waals surface area contributed by atoms with Gasteiger partial charge in [0.25, 0.3) is 0 Å². The SMILES string of the molecule is COc1ccc(CNC(C)c2ccccc2)cc1-c1ccoc1. The Morgan fingerprint density at radius 1 is 1.09 bits per heavy atom. The van der Waals surface area contributed by atoms with Gasteiger partial charge in [0.2, 0.25) is 0 Å². The molecule has 3 rings (SSSR count). The zero-order chi connectivity index (χ0) is 16.1. The van der Waals surface area contributed by atoms with Crippen LogP contribution in [0.4, 0.5) is 0 Å². The molecule has 1 N–H and O–H groups in total. The lowest BCUT2D eigenvalue weighted by Gasteiger charge is -2.15. The summed E-state index contributed by atoms with van der Waals surface area (Å²) < 4.78 is 10.7. The predicted octanol–water partition coefficient (Wildman–Crippen LogP) is 4.81. The molecule has 0 saturated heterocycles. The maximum absolute atomic E-state index is 5.46. The minimum Gasteiger partial charge on any atom is -0.496 e. The number of furan rings is 1. The molecule has 0 aliphatic heterocycles. The molecule has 0 fully saturated rings. The van der Waals surface area contributed by atoms with Crippen molar-refractivity contribution in [2.75, 3.05) is 7.11 Å². The average Bonchev–Trinajstić information content (AvgIpc) is 3.14. The third-order valence-corrected chi connectivity index (χ3v) is 4.01. The third-order valence-electron chi connectivity index (χ3n) is 4.01. The van der Waals surface area contributed by atoms with Gasteiger partial charge >= 0.3 is 0 Å². The molecule has 0 saturated carbocycles. The van der Waals surface area contributed by atoms with Gasteiger partial charge in [-0.05, 0) is 36.2 Å². The van der Waals surface area contributed by atoms with Crippen molar-refractivity contribution in [1.82, 2.24) is 5.32 Å². The van der Waals surface area contributed by atoms with Crippen LogP contribution in [0, 0.1) is 0 Å². The van der Waals surface area contributed by atoms with Gasteiger partial charge in [0.05, 0.1) is 19.6 Å². The Balaban J connectivity index is 1.75. The highest BCUT2D eigenvalue weighted by atomic mass is 16.5. The van der Waals surface area contributed by atoms with E-state index in [9.17, 15) is 0 Å². The van der Waals surface area contributed by atoms with Gasteiger partial charge in [-0.2, -0.15) is 0 Å². The van der Waals surface area contributed by atoms with E-state index in [1.54, 1.807) is 19.6 Å². The fourth-order valence-electron chi connectivity index (χ4n) is 2.64. The number of methoxy groups -OCH3 is 1. The van der Waals surface area contributed by atoms with E-state index in [0.29, 0.717) is 6.04 Å². The molecule has 0 amide bonds. The Morgan fingerprint density at radius 3 is 2.61 bits per heavy atom. The normalized spacial score (nSPS) is 12.1. The van der Waals surface area contributed by atoms with Crippen LogP contribution >= 0.6 is 0 Å². The van der Waals surface area contributed by atoms with Crippen LogP contribution < -0.4 is 10.1 Å². The predicted molar refractivity (Wildman–Crippen MR) is 92.4 cm³/mol. The fraction of sp³-hybridized carbons (Fsp3) is 0.200. The smallest absolute Gasteiger partial charge is 0.126 e. The quantitative estimate of drug-likeness (QED) is 0.710. The van der Waals surface area contributed by atoms with Crippen molar-refractivity contribution in [2.24, 2.45) is 0 Å². The Morgan fingerprint density at radius 2 is 1.91 bits per heavy atom. The summed E-state index contributed by atoms with van der Waals surface area (Å²) in [6, 6.07) is 18.9. The van der Waals surface area contributed by atoms with E-state index < -0.39 is 0 Å². The third kappa shape index (κ3) is 3.63. The van der Waals surface area contributed by atoms with Crippen LogP contribution in [0.5, 0.6) is 5.75 Å². The molecule has 0 spiro atoms. The van der Waals surface area contributed by atoms with Crippen LogP contribution in [-0.2, 0) is 6.54 Å². The molecule has 1 aromatic heterocycles. The monoisotopic (exact) mass is 307 g/mol. The molecule has 23 heavy (non-hydrogen) atoms. The summed E-state index contributed by atoms with van der Waals surface area (Å²) in [5.41, 5.74) is 4.58. The van der Waals surface area contributed by atoms with Gasteiger partial charge in [0.1, 0.15) is 5.75 Å². The van der Waals surface area contributed by atoms with Crippen LogP contribution in [0.3, 0.4) is 0 Å². The van der Waals surface area contributed by atoms with Gasteiger partial charge in [-0.3, -0.25) is 0 Å². The summed E-state index contributed by atoms with van der Waals surface area (Å²) >= 11 is 0. The summed E-state index contributed by atoms with van der Waals surface area (Å²) in [6.45, 7) is 2.97. The molecule has 2 aromatic carbocycles. The van der Waals surface area contributed by atoms with Gasteiger partial charge in [-0.25, -0.2) is 0 Å². The van der Waals surface area contributed by atoms with E-state index in [4.69, 9.17) is 9.15 Å². The second kappa shape index (κ2) is 7.16. The van der Waals surface area contributed by atoms with E-state index in [-0.39, 0.29) is 0 Å². The van der Waals surface area contributed by atoms with E-state index in [0.717, 1.165) is 23.4 Å². The van der Waals surface area contributed by atoms with Gasteiger partial charge < -0.3 is 14.5 Å². The number of rotatable bonds is 6. The van der Waals surface area contributed by atoms with Crippen molar-refractivity contribution < 1.29 is 9.15 Å². The number of hydrogen-bond acceptors (Lipinski definition) is 3.